The summed E-state index contributed by atoms with van der Waals surface area (Å²) in [7, 11) is 0. The lowest BCUT2D eigenvalue weighted by molar-refractivity contribution is 0.793. The molecule has 1 atom stereocenters. The molecule has 1 aromatic heterocycles. The number of anilines is 6. The Morgan fingerprint density at radius 3 is 1.50 bits per heavy atom. The highest BCUT2D eigenvalue weighted by molar-refractivity contribution is 7.26. The molecule has 0 saturated heterocycles. The van der Waals surface area contributed by atoms with Crippen molar-refractivity contribution in [2.45, 2.75) is 5.41 Å². The van der Waals surface area contributed by atoms with Gasteiger partial charge in [-0.2, -0.15) is 0 Å². The van der Waals surface area contributed by atoms with Gasteiger partial charge in [-0.1, -0.05) is 146 Å². The molecule has 0 fully saturated rings. The first-order valence-electron chi connectivity index (χ1n) is 19.9. The molecule has 9 aromatic carbocycles. The molecule has 1 heterocycles. The average Bonchev–Trinajstić information content (AvgIpc) is 3.92. The molecule has 12 rings (SSSR count). The van der Waals surface area contributed by atoms with Crippen LogP contribution in [0.2, 0.25) is 0 Å². The molecule has 1 spiro atoms. The third-order valence-electron chi connectivity index (χ3n) is 12.2. The fourth-order valence-electron chi connectivity index (χ4n) is 9.91. The monoisotopic (exact) mass is 756 g/mol. The van der Waals surface area contributed by atoms with E-state index in [0.717, 1.165) is 28.4 Å². The number of hydrogen-bond acceptors (Lipinski definition) is 3. The molecule has 2 aliphatic carbocycles. The van der Waals surface area contributed by atoms with Gasteiger partial charge in [-0.25, -0.2) is 0 Å². The minimum absolute atomic E-state index is 0.492. The van der Waals surface area contributed by atoms with E-state index in [1.165, 1.54) is 70.4 Å². The van der Waals surface area contributed by atoms with Gasteiger partial charge >= 0.3 is 0 Å². The second-order valence-corrected chi connectivity index (χ2v) is 16.3. The predicted molar refractivity (Wildman–Crippen MR) is 245 cm³/mol. The third kappa shape index (κ3) is 4.71. The van der Waals surface area contributed by atoms with Crippen LogP contribution in [0, 0.1) is 0 Å². The Bertz CT molecular complexity index is 3150. The van der Waals surface area contributed by atoms with Gasteiger partial charge in [0.05, 0.1) is 15.8 Å². The molecule has 0 N–H and O–H groups in total. The Kier molecular flexibility index (Phi) is 7.35. The number of para-hydroxylation sites is 3. The highest BCUT2D eigenvalue weighted by Crippen LogP contribution is 2.64. The van der Waals surface area contributed by atoms with Crippen molar-refractivity contribution in [3.8, 4) is 22.3 Å². The fraction of sp³-hybridized carbons (Fsp3) is 0.0182. The van der Waals surface area contributed by atoms with E-state index in [1.807, 2.05) is 11.3 Å². The highest BCUT2D eigenvalue weighted by Gasteiger charge is 2.52. The summed E-state index contributed by atoms with van der Waals surface area (Å²) < 4.78 is 2.59. The van der Waals surface area contributed by atoms with Crippen LogP contribution in [0.25, 0.3) is 42.4 Å². The molecule has 1 unspecified atom stereocenters. The van der Waals surface area contributed by atoms with Gasteiger partial charge in [-0.05, 0) is 117 Å². The van der Waals surface area contributed by atoms with Gasteiger partial charge in [-0.15, -0.1) is 11.3 Å². The van der Waals surface area contributed by atoms with Gasteiger partial charge in [0, 0.05) is 43.9 Å². The summed E-state index contributed by atoms with van der Waals surface area (Å²) in [5.74, 6) is 0. The average molecular weight is 757 g/mol. The Morgan fingerprint density at radius 1 is 0.310 bits per heavy atom. The standard InChI is InChI=1S/C55H36N2S/c1-4-17-37(18-5-1)56(38-19-6-2-7-20-38)41-31-33-44-42-23-10-13-27-48(42)55(51(44)36-41)49-28-14-11-24-43(49)47-35-40(32-34-50(47)55)57(39-21-8-3-9-22-39)52-29-16-26-46-45-25-12-15-30-53(45)58-54(46)52/h1-36H. The lowest BCUT2D eigenvalue weighted by Gasteiger charge is -2.32. The van der Waals surface area contributed by atoms with Crippen molar-refractivity contribution in [3.05, 3.63) is 241 Å². The lowest BCUT2D eigenvalue weighted by Crippen LogP contribution is -2.26. The summed E-state index contributed by atoms with van der Waals surface area (Å²) in [5, 5.41) is 2.60. The van der Waals surface area contributed by atoms with Crippen LogP contribution in [-0.4, -0.2) is 0 Å². The number of rotatable bonds is 6. The maximum atomic E-state index is 2.47. The fourth-order valence-corrected chi connectivity index (χ4v) is 11.1. The first kappa shape index (κ1) is 33.0. The van der Waals surface area contributed by atoms with Crippen LogP contribution < -0.4 is 9.80 Å². The van der Waals surface area contributed by atoms with E-state index in [1.54, 1.807) is 0 Å². The smallest absolute Gasteiger partial charge is 0.0726 e. The zero-order chi connectivity index (χ0) is 38.2. The van der Waals surface area contributed by atoms with E-state index in [4.69, 9.17) is 0 Å². The summed E-state index contributed by atoms with van der Waals surface area (Å²) in [6.07, 6.45) is 0. The molecule has 0 aliphatic heterocycles. The van der Waals surface area contributed by atoms with Crippen LogP contribution >= 0.6 is 11.3 Å². The minimum atomic E-state index is -0.492. The molecule has 2 nitrogen and oxygen atoms in total. The van der Waals surface area contributed by atoms with Gasteiger partial charge in [0.2, 0.25) is 0 Å². The van der Waals surface area contributed by atoms with Crippen molar-refractivity contribution < 1.29 is 0 Å². The number of nitrogens with zero attached hydrogens (tertiary/aromatic N) is 2. The molecule has 10 aromatic rings. The minimum Gasteiger partial charge on any atom is -0.310 e. The third-order valence-corrected chi connectivity index (χ3v) is 13.4. The SMILES string of the molecule is c1ccc(N(c2ccccc2)c2ccc3c(c2)C2(c4ccccc4-c4cc(N(c5ccccc5)c5cccc6c5sc5ccccc56)ccc42)c2ccccc2-3)cc1. The number of fused-ring (bicyclic) bond motifs is 13. The van der Waals surface area contributed by atoms with Crippen LogP contribution in [0.4, 0.5) is 34.1 Å². The van der Waals surface area contributed by atoms with E-state index >= 15 is 0 Å². The van der Waals surface area contributed by atoms with Crippen LogP contribution in [0.3, 0.4) is 0 Å². The maximum Gasteiger partial charge on any atom is 0.0726 e. The molecular weight excluding hydrogens is 721 g/mol. The van der Waals surface area contributed by atoms with E-state index in [9.17, 15) is 0 Å². The molecule has 272 valence electrons. The Labute approximate surface area is 342 Å². The summed E-state index contributed by atoms with van der Waals surface area (Å²) in [6, 6.07) is 80.4. The lowest BCUT2D eigenvalue weighted by atomic mass is 9.70. The molecule has 2 aliphatic rings. The Morgan fingerprint density at radius 2 is 0.810 bits per heavy atom. The van der Waals surface area contributed by atoms with E-state index < -0.39 is 5.41 Å². The molecule has 0 bridgehead atoms. The van der Waals surface area contributed by atoms with Crippen LogP contribution in [0.1, 0.15) is 22.3 Å². The van der Waals surface area contributed by atoms with Gasteiger partial charge in [-0.3, -0.25) is 0 Å². The molecule has 0 saturated carbocycles. The van der Waals surface area contributed by atoms with Gasteiger partial charge in [0.1, 0.15) is 0 Å². The van der Waals surface area contributed by atoms with Crippen molar-refractivity contribution >= 4 is 65.6 Å². The van der Waals surface area contributed by atoms with Crippen LogP contribution in [-0.2, 0) is 5.41 Å². The molecule has 3 heteroatoms. The molecule has 0 radical (unpaired) electrons. The zero-order valence-electron chi connectivity index (χ0n) is 31.6. The van der Waals surface area contributed by atoms with Crippen LogP contribution in [0.5, 0.6) is 0 Å². The van der Waals surface area contributed by atoms with E-state index in [2.05, 4.69) is 228 Å². The Hall–Kier alpha value is -7.20. The second kappa shape index (κ2) is 12.9. The topological polar surface area (TPSA) is 6.48 Å². The van der Waals surface area contributed by atoms with Crippen molar-refractivity contribution in [2.24, 2.45) is 0 Å². The normalized spacial score (nSPS) is 14.6. The van der Waals surface area contributed by atoms with Crippen molar-refractivity contribution in [1.82, 2.24) is 0 Å². The van der Waals surface area contributed by atoms with Gasteiger partial charge in [0.15, 0.2) is 0 Å². The van der Waals surface area contributed by atoms with Crippen molar-refractivity contribution in [2.75, 3.05) is 9.80 Å². The summed E-state index contributed by atoms with van der Waals surface area (Å²) in [6.45, 7) is 0. The van der Waals surface area contributed by atoms with E-state index in [0.29, 0.717) is 0 Å². The first-order valence-corrected chi connectivity index (χ1v) is 20.8. The summed E-state index contributed by atoms with van der Waals surface area (Å²) >= 11 is 1.87. The van der Waals surface area contributed by atoms with E-state index in [-0.39, 0.29) is 0 Å². The second-order valence-electron chi connectivity index (χ2n) is 15.2. The largest absolute Gasteiger partial charge is 0.310 e. The summed E-state index contributed by atoms with van der Waals surface area (Å²) in [4.78, 5) is 4.84. The first-order chi connectivity index (χ1) is 28.8. The molecular formula is C55H36N2S. The van der Waals surface area contributed by atoms with Crippen molar-refractivity contribution in [1.29, 1.82) is 0 Å². The number of thiophene rings is 1. The quantitative estimate of drug-likeness (QED) is 0.167. The maximum absolute atomic E-state index is 2.47. The predicted octanol–water partition coefficient (Wildman–Crippen LogP) is 15.3. The van der Waals surface area contributed by atoms with Crippen LogP contribution in [0.15, 0.2) is 218 Å². The molecule has 58 heavy (non-hydrogen) atoms. The van der Waals surface area contributed by atoms with Gasteiger partial charge < -0.3 is 9.80 Å². The zero-order valence-corrected chi connectivity index (χ0v) is 32.4. The Balaban J connectivity index is 1.10. The van der Waals surface area contributed by atoms with Gasteiger partial charge in [0.25, 0.3) is 0 Å². The molecule has 0 amide bonds. The number of benzene rings is 9. The highest BCUT2D eigenvalue weighted by atomic mass is 32.1. The summed E-state index contributed by atoms with van der Waals surface area (Å²) in [5.41, 5.74) is 16.8. The van der Waals surface area contributed by atoms with Crippen molar-refractivity contribution in [3.63, 3.8) is 0 Å². The number of hydrogen-bond donors (Lipinski definition) is 0.